The molecular weight excluding hydrogens is 238 g/mol. The van der Waals surface area contributed by atoms with Crippen molar-refractivity contribution in [1.82, 2.24) is 5.32 Å². The number of aliphatic hydroxyl groups is 1. The Morgan fingerprint density at radius 1 is 1.42 bits per heavy atom. The van der Waals surface area contributed by atoms with Gasteiger partial charge in [-0.1, -0.05) is 12.1 Å². The molecule has 1 aromatic rings. The van der Waals surface area contributed by atoms with Crippen LogP contribution in [-0.2, 0) is 6.42 Å². The number of fused-ring (bicyclic) bond motifs is 1. The minimum absolute atomic E-state index is 0.446. The minimum atomic E-state index is -0.664. The molecule has 19 heavy (non-hydrogen) atoms. The molecule has 0 heterocycles. The van der Waals surface area contributed by atoms with Crippen LogP contribution in [0.2, 0.25) is 0 Å². The second-order valence-corrected chi connectivity index (χ2v) is 5.97. The van der Waals surface area contributed by atoms with Gasteiger partial charge in [-0.3, -0.25) is 0 Å². The fourth-order valence-corrected chi connectivity index (χ4v) is 2.66. The lowest BCUT2D eigenvalue weighted by atomic mass is 9.87. The van der Waals surface area contributed by atoms with Crippen LogP contribution >= 0.6 is 0 Å². The quantitative estimate of drug-likeness (QED) is 0.858. The Morgan fingerprint density at radius 2 is 2.21 bits per heavy atom. The molecule has 0 amide bonds. The molecule has 1 atom stereocenters. The molecule has 0 fully saturated rings. The van der Waals surface area contributed by atoms with Crippen molar-refractivity contribution in [3.05, 3.63) is 29.3 Å². The third-order valence-electron chi connectivity index (χ3n) is 3.78. The molecule has 0 saturated heterocycles. The summed E-state index contributed by atoms with van der Waals surface area (Å²) in [6.45, 7) is 4.19. The molecule has 2 rings (SSSR count). The highest BCUT2D eigenvalue weighted by Crippen LogP contribution is 2.35. The molecular formula is C16H25NO2. The molecule has 0 bridgehead atoms. The summed E-state index contributed by atoms with van der Waals surface area (Å²) in [6.07, 6.45) is 4.12. The smallest absolute Gasteiger partial charge is 0.122 e. The van der Waals surface area contributed by atoms with Crippen molar-refractivity contribution in [2.24, 2.45) is 0 Å². The predicted molar refractivity (Wildman–Crippen MR) is 77.6 cm³/mol. The lowest BCUT2D eigenvalue weighted by Gasteiger charge is -2.27. The van der Waals surface area contributed by atoms with E-state index in [2.05, 4.69) is 17.4 Å². The fraction of sp³-hybridized carbons (Fsp3) is 0.625. The van der Waals surface area contributed by atoms with Crippen molar-refractivity contribution in [2.75, 3.05) is 13.7 Å². The van der Waals surface area contributed by atoms with E-state index in [0.29, 0.717) is 19.1 Å². The molecule has 1 aromatic carbocycles. The van der Waals surface area contributed by atoms with Crippen LogP contribution in [0, 0.1) is 0 Å². The minimum Gasteiger partial charge on any atom is -0.493 e. The van der Waals surface area contributed by atoms with Gasteiger partial charge in [0.15, 0.2) is 0 Å². The molecule has 0 saturated carbocycles. The van der Waals surface area contributed by atoms with Gasteiger partial charge in [-0.2, -0.15) is 0 Å². The van der Waals surface area contributed by atoms with Crippen LogP contribution < -0.4 is 10.1 Å². The van der Waals surface area contributed by atoms with Gasteiger partial charge >= 0.3 is 0 Å². The van der Waals surface area contributed by atoms with Gasteiger partial charge in [0.05, 0.1) is 12.2 Å². The van der Waals surface area contributed by atoms with E-state index < -0.39 is 5.60 Å². The molecule has 1 aliphatic carbocycles. The maximum absolute atomic E-state index is 9.72. The van der Waals surface area contributed by atoms with Crippen LogP contribution in [0.3, 0.4) is 0 Å². The van der Waals surface area contributed by atoms with Crippen molar-refractivity contribution in [1.29, 1.82) is 0 Å². The maximum Gasteiger partial charge on any atom is 0.122 e. The molecule has 3 heteroatoms. The van der Waals surface area contributed by atoms with Crippen molar-refractivity contribution < 1.29 is 9.84 Å². The SMILES string of the molecule is CNC1CCCc2c(OCCC(C)(C)O)cccc21. The van der Waals surface area contributed by atoms with Gasteiger partial charge < -0.3 is 15.2 Å². The predicted octanol–water partition coefficient (Wildman–Crippen LogP) is 2.82. The van der Waals surface area contributed by atoms with Gasteiger partial charge in [0.1, 0.15) is 5.75 Å². The first-order valence-corrected chi connectivity index (χ1v) is 7.15. The van der Waals surface area contributed by atoms with Crippen LogP contribution in [0.25, 0.3) is 0 Å². The second kappa shape index (κ2) is 5.93. The largest absolute Gasteiger partial charge is 0.493 e. The third kappa shape index (κ3) is 3.71. The highest BCUT2D eigenvalue weighted by molar-refractivity contribution is 5.43. The lowest BCUT2D eigenvalue weighted by molar-refractivity contribution is 0.0551. The Morgan fingerprint density at radius 3 is 2.89 bits per heavy atom. The molecule has 0 spiro atoms. The van der Waals surface area contributed by atoms with Crippen LogP contribution in [0.5, 0.6) is 5.75 Å². The Bertz CT molecular complexity index is 423. The molecule has 3 nitrogen and oxygen atoms in total. The van der Waals surface area contributed by atoms with Crippen LogP contribution in [0.4, 0.5) is 0 Å². The molecule has 106 valence electrons. The van der Waals surface area contributed by atoms with E-state index in [1.54, 1.807) is 0 Å². The van der Waals surface area contributed by atoms with Crippen molar-refractivity contribution >= 4 is 0 Å². The van der Waals surface area contributed by atoms with Crippen LogP contribution in [0.15, 0.2) is 18.2 Å². The summed E-state index contributed by atoms with van der Waals surface area (Å²) in [7, 11) is 2.02. The van der Waals surface area contributed by atoms with Gasteiger partial charge in [-0.15, -0.1) is 0 Å². The number of hydrogen-bond acceptors (Lipinski definition) is 3. The Hall–Kier alpha value is -1.06. The van der Waals surface area contributed by atoms with Crippen molar-refractivity contribution in [2.45, 2.75) is 51.2 Å². The Kier molecular flexibility index (Phi) is 4.48. The normalized spacial score (nSPS) is 19.1. The average molecular weight is 263 g/mol. The Balaban J connectivity index is 2.09. The first kappa shape index (κ1) is 14.4. The summed E-state index contributed by atoms with van der Waals surface area (Å²) in [5.41, 5.74) is 2.04. The van der Waals surface area contributed by atoms with Crippen LogP contribution in [0.1, 0.15) is 50.3 Å². The summed E-state index contributed by atoms with van der Waals surface area (Å²) in [5, 5.41) is 13.1. The van der Waals surface area contributed by atoms with E-state index in [9.17, 15) is 5.11 Å². The first-order chi connectivity index (χ1) is 9.01. The molecule has 1 aliphatic rings. The van der Waals surface area contributed by atoms with Crippen molar-refractivity contribution in [3.63, 3.8) is 0 Å². The van der Waals surface area contributed by atoms with Gasteiger partial charge in [0.25, 0.3) is 0 Å². The van der Waals surface area contributed by atoms with E-state index in [1.165, 1.54) is 24.0 Å². The molecule has 0 aromatic heterocycles. The number of benzene rings is 1. The molecule has 2 N–H and O–H groups in total. The fourth-order valence-electron chi connectivity index (χ4n) is 2.66. The van der Waals surface area contributed by atoms with Crippen molar-refractivity contribution in [3.8, 4) is 5.75 Å². The number of ether oxygens (including phenoxy) is 1. The molecule has 0 radical (unpaired) electrons. The zero-order chi connectivity index (χ0) is 13.9. The number of hydrogen-bond donors (Lipinski definition) is 2. The first-order valence-electron chi connectivity index (χ1n) is 7.15. The van der Waals surface area contributed by atoms with E-state index in [0.717, 1.165) is 12.2 Å². The van der Waals surface area contributed by atoms with Crippen LogP contribution in [-0.4, -0.2) is 24.4 Å². The summed E-state index contributed by atoms with van der Waals surface area (Å²) in [6, 6.07) is 6.75. The maximum atomic E-state index is 9.72. The highest BCUT2D eigenvalue weighted by atomic mass is 16.5. The van der Waals surface area contributed by atoms with Gasteiger partial charge in [0, 0.05) is 12.5 Å². The summed E-state index contributed by atoms with van der Waals surface area (Å²) < 4.78 is 5.89. The topological polar surface area (TPSA) is 41.5 Å². The molecule has 1 unspecified atom stereocenters. The zero-order valence-corrected chi connectivity index (χ0v) is 12.2. The van der Waals surface area contributed by atoms with E-state index >= 15 is 0 Å². The molecule has 0 aliphatic heterocycles. The van der Waals surface area contributed by atoms with Gasteiger partial charge in [-0.25, -0.2) is 0 Å². The van der Waals surface area contributed by atoms with E-state index in [1.807, 2.05) is 27.0 Å². The average Bonchev–Trinajstić information content (AvgIpc) is 2.37. The van der Waals surface area contributed by atoms with E-state index in [-0.39, 0.29) is 0 Å². The Labute approximate surface area is 116 Å². The number of nitrogens with one attached hydrogen (secondary N) is 1. The monoisotopic (exact) mass is 263 g/mol. The summed E-state index contributed by atoms with van der Waals surface area (Å²) in [5.74, 6) is 0.988. The second-order valence-electron chi connectivity index (χ2n) is 5.97. The van der Waals surface area contributed by atoms with Gasteiger partial charge in [0.2, 0.25) is 0 Å². The lowest BCUT2D eigenvalue weighted by Crippen LogP contribution is -2.23. The highest BCUT2D eigenvalue weighted by Gasteiger charge is 2.21. The standard InChI is InChI=1S/C16H25NO2/c1-16(2,18)10-11-19-15-9-5-6-12-13(15)7-4-8-14(12)17-3/h5-6,9,14,17-18H,4,7-8,10-11H2,1-3H3. The van der Waals surface area contributed by atoms with Gasteiger partial charge in [-0.05, 0) is 57.4 Å². The summed E-state index contributed by atoms with van der Waals surface area (Å²) >= 11 is 0. The number of rotatable bonds is 5. The third-order valence-corrected chi connectivity index (χ3v) is 3.78. The summed E-state index contributed by atoms with van der Waals surface area (Å²) in [4.78, 5) is 0. The zero-order valence-electron chi connectivity index (χ0n) is 12.2. The van der Waals surface area contributed by atoms with E-state index in [4.69, 9.17) is 4.74 Å².